The van der Waals surface area contributed by atoms with Crippen LogP contribution in [0.3, 0.4) is 0 Å². The van der Waals surface area contributed by atoms with E-state index in [9.17, 15) is 4.79 Å². The van der Waals surface area contributed by atoms with Crippen molar-refractivity contribution < 1.29 is 4.79 Å². The predicted octanol–water partition coefficient (Wildman–Crippen LogP) is 4.84. The lowest BCUT2D eigenvalue weighted by Gasteiger charge is -2.09. The standard InChI is InChI=1S/C30H20N2O/c33-30-25-18-10-9-17-24(25)29(32-30)27(21-13-5-2-6-14-21)28-23-16-8-7-15-22(23)26(31-28)19-20-11-3-1-4-12-20/h1-19,31H/b26-19+,28-27?. The van der Waals surface area contributed by atoms with E-state index in [1.54, 1.807) is 0 Å². The predicted molar refractivity (Wildman–Crippen MR) is 134 cm³/mol. The van der Waals surface area contributed by atoms with Gasteiger partial charge < -0.3 is 4.98 Å². The number of carbonyl (C=O) groups excluding carboxylic acids is 1. The molecule has 3 heteroatoms. The van der Waals surface area contributed by atoms with Gasteiger partial charge in [-0.25, -0.2) is 4.99 Å². The van der Waals surface area contributed by atoms with Crippen molar-refractivity contribution in [2.24, 2.45) is 4.99 Å². The molecule has 0 saturated carbocycles. The maximum atomic E-state index is 12.7. The van der Waals surface area contributed by atoms with Crippen molar-refractivity contribution in [3.8, 4) is 0 Å². The average Bonchev–Trinajstić information content (AvgIpc) is 3.39. The first kappa shape index (κ1) is 19.2. The van der Waals surface area contributed by atoms with Gasteiger partial charge in [-0.3, -0.25) is 4.79 Å². The summed E-state index contributed by atoms with van der Waals surface area (Å²) < 4.78 is 0. The summed E-state index contributed by atoms with van der Waals surface area (Å²) in [6, 6.07) is 36.4. The highest BCUT2D eigenvalue weighted by atomic mass is 16.1. The Balaban J connectivity index is 1.75. The summed E-state index contributed by atoms with van der Waals surface area (Å²) in [4.78, 5) is 20.9. The van der Waals surface area contributed by atoms with Crippen molar-refractivity contribution in [3.63, 3.8) is 0 Å². The molecular formula is C30H20N2O. The van der Waals surface area contributed by atoms with E-state index in [-0.39, 0.29) is 5.91 Å². The molecule has 1 aliphatic heterocycles. The zero-order chi connectivity index (χ0) is 22.2. The maximum absolute atomic E-state index is 12.7. The molecule has 1 aromatic heterocycles. The molecule has 33 heavy (non-hydrogen) atoms. The summed E-state index contributed by atoms with van der Waals surface area (Å²) in [6.07, 6.45) is 2.16. The van der Waals surface area contributed by atoms with Crippen LogP contribution in [0.15, 0.2) is 114 Å². The van der Waals surface area contributed by atoms with Gasteiger partial charge in [-0.15, -0.1) is 0 Å². The van der Waals surface area contributed by atoms with E-state index in [0.717, 1.165) is 43.7 Å². The third-order valence-corrected chi connectivity index (χ3v) is 6.03. The fourth-order valence-electron chi connectivity index (χ4n) is 4.53. The second kappa shape index (κ2) is 7.88. The number of nitrogens with one attached hydrogen (secondary N) is 1. The zero-order valence-corrected chi connectivity index (χ0v) is 17.8. The smallest absolute Gasteiger partial charge is 0.278 e. The summed E-state index contributed by atoms with van der Waals surface area (Å²) in [5.41, 5.74) is 5.29. The Morgan fingerprint density at radius 1 is 0.667 bits per heavy atom. The first-order valence-corrected chi connectivity index (χ1v) is 11.0. The molecule has 0 saturated heterocycles. The highest BCUT2D eigenvalue weighted by Gasteiger charge is 2.27. The Morgan fingerprint density at radius 3 is 2.03 bits per heavy atom. The van der Waals surface area contributed by atoms with Crippen LogP contribution in [-0.2, 0) is 0 Å². The number of rotatable bonds is 3. The van der Waals surface area contributed by atoms with Crippen LogP contribution in [0.2, 0.25) is 0 Å². The van der Waals surface area contributed by atoms with Crippen molar-refractivity contribution in [2.75, 3.05) is 0 Å². The number of aromatic nitrogens is 1. The van der Waals surface area contributed by atoms with Crippen LogP contribution in [-0.4, -0.2) is 16.6 Å². The van der Waals surface area contributed by atoms with Crippen molar-refractivity contribution >= 4 is 34.0 Å². The van der Waals surface area contributed by atoms with Crippen LogP contribution in [0.1, 0.15) is 27.0 Å². The van der Waals surface area contributed by atoms with Crippen LogP contribution in [0.5, 0.6) is 0 Å². The summed E-state index contributed by atoms with van der Waals surface area (Å²) in [7, 11) is 0. The van der Waals surface area contributed by atoms with Crippen LogP contribution in [0.25, 0.3) is 22.4 Å². The third-order valence-electron chi connectivity index (χ3n) is 6.03. The molecule has 6 rings (SSSR count). The van der Waals surface area contributed by atoms with Gasteiger partial charge >= 0.3 is 0 Å². The topological polar surface area (TPSA) is 45.2 Å². The maximum Gasteiger partial charge on any atom is 0.278 e. The lowest BCUT2D eigenvalue weighted by Crippen LogP contribution is -2.19. The fraction of sp³-hybridized carbons (Fsp3) is 0. The van der Waals surface area contributed by atoms with E-state index >= 15 is 0 Å². The van der Waals surface area contributed by atoms with Crippen LogP contribution >= 0.6 is 0 Å². The van der Waals surface area contributed by atoms with Gasteiger partial charge in [-0.1, -0.05) is 103 Å². The molecule has 3 nitrogen and oxygen atoms in total. The van der Waals surface area contributed by atoms with Gasteiger partial charge in [0, 0.05) is 27.3 Å². The van der Waals surface area contributed by atoms with Gasteiger partial charge in [0.05, 0.1) is 16.6 Å². The number of hydrogen-bond acceptors (Lipinski definition) is 1. The first-order valence-electron chi connectivity index (χ1n) is 11.0. The van der Waals surface area contributed by atoms with Gasteiger partial charge in [0.25, 0.3) is 5.91 Å². The SMILES string of the molecule is O=C1N=C(C(c2ccccc2)=c2[nH]/c(=C/c3ccccc3)c3ccccc23)c2ccccc21. The summed E-state index contributed by atoms with van der Waals surface area (Å²) in [6.45, 7) is 0. The van der Waals surface area contributed by atoms with Gasteiger partial charge in [-0.05, 0) is 23.3 Å². The first-order chi connectivity index (χ1) is 16.3. The number of aliphatic imine (C=N–C) groups is 1. The Morgan fingerprint density at radius 2 is 1.27 bits per heavy atom. The summed E-state index contributed by atoms with van der Waals surface area (Å²) in [5, 5.41) is 4.21. The van der Waals surface area contributed by atoms with E-state index in [1.807, 2.05) is 66.7 Å². The number of aromatic amines is 1. The minimum Gasteiger partial charge on any atom is -0.354 e. The largest absolute Gasteiger partial charge is 0.354 e. The number of fused-ring (bicyclic) bond motifs is 2. The number of carbonyl (C=O) groups is 1. The lowest BCUT2D eigenvalue weighted by molar-refractivity contribution is 0.101. The number of hydrogen-bond donors (Lipinski definition) is 1. The Bertz CT molecular complexity index is 1660. The Kier molecular flexibility index (Phi) is 4.59. The summed E-state index contributed by atoms with van der Waals surface area (Å²) >= 11 is 0. The Labute approximate surface area is 191 Å². The monoisotopic (exact) mass is 424 g/mol. The molecule has 2 heterocycles. The molecule has 0 aliphatic carbocycles. The molecule has 1 aliphatic rings. The molecule has 1 N–H and O–H groups in total. The van der Waals surface area contributed by atoms with Crippen molar-refractivity contribution in [1.82, 2.24) is 4.98 Å². The summed E-state index contributed by atoms with van der Waals surface area (Å²) in [5.74, 6) is -0.194. The van der Waals surface area contributed by atoms with Crippen LogP contribution in [0, 0.1) is 0 Å². The molecule has 0 bridgehead atoms. The van der Waals surface area contributed by atoms with Gasteiger partial charge in [0.1, 0.15) is 0 Å². The minimum absolute atomic E-state index is 0.194. The molecule has 0 atom stereocenters. The normalized spacial score (nSPS) is 14.4. The number of amides is 1. The number of H-pyrrole nitrogens is 1. The number of nitrogens with zero attached hydrogens (tertiary/aromatic N) is 1. The zero-order valence-electron chi connectivity index (χ0n) is 17.8. The van der Waals surface area contributed by atoms with E-state index in [1.165, 1.54) is 0 Å². The second-order valence-electron chi connectivity index (χ2n) is 8.07. The van der Waals surface area contributed by atoms with E-state index in [0.29, 0.717) is 11.3 Å². The van der Waals surface area contributed by atoms with E-state index in [4.69, 9.17) is 0 Å². The van der Waals surface area contributed by atoms with E-state index < -0.39 is 0 Å². The molecule has 156 valence electrons. The van der Waals surface area contributed by atoms with Crippen LogP contribution in [0.4, 0.5) is 0 Å². The highest BCUT2D eigenvalue weighted by Crippen LogP contribution is 2.27. The van der Waals surface area contributed by atoms with Gasteiger partial charge in [-0.2, -0.15) is 0 Å². The molecule has 0 fully saturated rings. The molecule has 0 radical (unpaired) electrons. The van der Waals surface area contributed by atoms with Crippen molar-refractivity contribution in [3.05, 3.63) is 142 Å². The molecular weight excluding hydrogens is 404 g/mol. The van der Waals surface area contributed by atoms with Crippen LogP contribution < -0.4 is 10.7 Å². The molecule has 0 spiro atoms. The van der Waals surface area contributed by atoms with Gasteiger partial charge in [0.2, 0.25) is 0 Å². The average molecular weight is 425 g/mol. The van der Waals surface area contributed by atoms with Crippen molar-refractivity contribution in [2.45, 2.75) is 0 Å². The highest BCUT2D eigenvalue weighted by molar-refractivity contribution is 6.39. The number of benzene rings is 4. The second-order valence-corrected chi connectivity index (χ2v) is 8.07. The minimum atomic E-state index is -0.194. The quantitative estimate of drug-likeness (QED) is 0.443. The Hall–Kier alpha value is -4.50. The van der Waals surface area contributed by atoms with Gasteiger partial charge in [0.15, 0.2) is 0 Å². The van der Waals surface area contributed by atoms with E-state index in [2.05, 4.69) is 58.5 Å². The third kappa shape index (κ3) is 3.31. The van der Waals surface area contributed by atoms with Crippen molar-refractivity contribution in [1.29, 1.82) is 0 Å². The molecule has 0 unspecified atom stereocenters. The fourth-order valence-corrected chi connectivity index (χ4v) is 4.53. The molecule has 1 amide bonds. The lowest BCUT2D eigenvalue weighted by atomic mass is 9.94. The molecule has 5 aromatic rings. The molecule has 4 aromatic carbocycles.